The van der Waals surface area contributed by atoms with Gasteiger partial charge in [0.15, 0.2) is 5.82 Å². The summed E-state index contributed by atoms with van der Waals surface area (Å²) in [5.74, 6) is -0.884. The summed E-state index contributed by atoms with van der Waals surface area (Å²) in [7, 11) is 0. The fourth-order valence-corrected chi connectivity index (χ4v) is 3.55. The van der Waals surface area contributed by atoms with Gasteiger partial charge in [0.25, 0.3) is 11.8 Å². The molecule has 0 radical (unpaired) electrons. The van der Waals surface area contributed by atoms with Crippen LogP contribution in [-0.4, -0.2) is 45.9 Å². The van der Waals surface area contributed by atoms with Crippen LogP contribution in [-0.2, 0) is 11.4 Å². The monoisotopic (exact) mass is 507 g/mol. The molecule has 0 fully saturated rings. The minimum Gasteiger partial charge on any atom is -0.392 e. The zero-order valence-corrected chi connectivity index (χ0v) is 19.6. The summed E-state index contributed by atoms with van der Waals surface area (Å²) in [6.45, 7) is 3.41. The lowest BCUT2D eigenvalue weighted by Gasteiger charge is -2.14. The third kappa shape index (κ3) is 5.59. The number of anilines is 5. The van der Waals surface area contributed by atoms with Crippen LogP contribution in [0.2, 0.25) is 5.02 Å². The van der Waals surface area contributed by atoms with E-state index < -0.39 is 11.8 Å². The Morgan fingerprint density at radius 3 is 2.64 bits per heavy atom. The molecule has 6 bridgehead atoms. The summed E-state index contributed by atoms with van der Waals surface area (Å²) in [5.41, 5.74) is 2.23. The molecule has 0 spiro atoms. The number of nitrogens with one attached hydrogen (secondary N) is 5. The van der Waals surface area contributed by atoms with Crippen LogP contribution < -0.4 is 26.6 Å². The van der Waals surface area contributed by atoms with Gasteiger partial charge >= 0.3 is 0 Å². The van der Waals surface area contributed by atoms with Crippen LogP contribution in [0, 0.1) is 0 Å². The van der Waals surface area contributed by atoms with Crippen LogP contribution in [0.15, 0.2) is 55.3 Å². The van der Waals surface area contributed by atoms with Crippen molar-refractivity contribution in [3.63, 3.8) is 0 Å². The number of halogens is 1. The van der Waals surface area contributed by atoms with Gasteiger partial charge in [-0.05, 0) is 42.5 Å². The van der Waals surface area contributed by atoms with Crippen molar-refractivity contribution in [2.24, 2.45) is 0 Å². The van der Waals surface area contributed by atoms with Gasteiger partial charge in [-0.25, -0.2) is 4.98 Å². The molecule has 5 heterocycles. The third-order valence-corrected chi connectivity index (χ3v) is 5.47. The van der Waals surface area contributed by atoms with E-state index in [4.69, 9.17) is 11.6 Å². The second-order valence-corrected chi connectivity index (χ2v) is 8.04. The van der Waals surface area contributed by atoms with E-state index >= 15 is 0 Å². The summed E-state index contributed by atoms with van der Waals surface area (Å²) in [6.07, 6.45) is 2.48. The molecular formula is C24H22ClN7O4. The molecular weight excluding hydrogens is 486 g/mol. The predicted molar refractivity (Wildman–Crippen MR) is 136 cm³/mol. The average Bonchev–Trinajstić information content (AvgIpc) is 2.88. The van der Waals surface area contributed by atoms with Crippen molar-refractivity contribution < 1.29 is 19.5 Å². The Morgan fingerprint density at radius 1 is 1.11 bits per heavy atom. The van der Waals surface area contributed by atoms with Gasteiger partial charge in [0.2, 0.25) is 11.9 Å². The van der Waals surface area contributed by atoms with E-state index in [1.54, 1.807) is 30.3 Å². The molecule has 12 heteroatoms. The first-order chi connectivity index (χ1) is 17.4. The Morgan fingerprint density at radius 2 is 1.89 bits per heavy atom. The molecule has 184 valence electrons. The lowest BCUT2D eigenvalue weighted by molar-refractivity contribution is -0.111. The molecule has 0 unspecified atom stereocenters. The molecule has 4 aliphatic rings. The highest BCUT2D eigenvalue weighted by Crippen LogP contribution is 2.29. The number of rotatable bonds is 3. The van der Waals surface area contributed by atoms with Crippen molar-refractivity contribution in [3.8, 4) is 0 Å². The molecule has 3 amide bonds. The van der Waals surface area contributed by atoms with Gasteiger partial charge in [0.1, 0.15) is 5.02 Å². The maximum absolute atomic E-state index is 12.8. The van der Waals surface area contributed by atoms with E-state index in [1.165, 1.54) is 12.3 Å². The number of nitrogens with zero attached hydrogens (tertiary/aromatic N) is 2. The minimum atomic E-state index is -0.498. The zero-order valence-electron chi connectivity index (χ0n) is 18.9. The van der Waals surface area contributed by atoms with Gasteiger partial charge in [-0.2, -0.15) is 4.98 Å². The second kappa shape index (κ2) is 10.8. The van der Waals surface area contributed by atoms with Gasteiger partial charge in [-0.3, -0.25) is 14.4 Å². The summed E-state index contributed by atoms with van der Waals surface area (Å²) < 4.78 is 0. The lowest BCUT2D eigenvalue weighted by atomic mass is 10.1. The average molecular weight is 508 g/mol. The van der Waals surface area contributed by atoms with Crippen LogP contribution in [0.5, 0.6) is 0 Å². The molecule has 0 atom stereocenters. The Kier molecular flexibility index (Phi) is 7.42. The number of carbonyl (C=O) groups excluding carboxylic acids is 3. The zero-order chi connectivity index (χ0) is 25.7. The van der Waals surface area contributed by atoms with Crippen molar-refractivity contribution in [3.05, 3.63) is 77.0 Å². The van der Waals surface area contributed by atoms with E-state index in [2.05, 4.69) is 43.1 Å². The Labute approximate surface area is 211 Å². The van der Waals surface area contributed by atoms with Crippen molar-refractivity contribution in [1.82, 2.24) is 20.6 Å². The molecule has 7 rings (SSSR count). The maximum Gasteiger partial charge on any atom is 0.253 e. The topological polar surface area (TPSA) is 157 Å². The van der Waals surface area contributed by atoms with E-state index in [1.807, 2.05) is 0 Å². The minimum absolute atomic E-state index is 0.142. The SMILES string of the molecule is C=CC(=O)Nc1cc2ccc1C(=O)NCCNC(=O)c1ccc(c(CO)c1)Nc1ncc(Cl)c(n1)N2. The van der Waals surface area contributed by atoms with Crippen molar-refractivity contribution in [2.45, 2.75) is 6.61 Å². The van der Waals surface area contributed by atoms with E-state index in [0.717, 1.165) is 6.08 Å². The maximum atomic E-state index is 12.8. The standard InChI is InChI=1S/C24H22ClN7O4/c1-2-20(34)30-19-10-15-4-5-16(19)23(36)27-8-7-26-22(35)13-3-6-18(14(9-13)12-33)31-24-28-11-17(25)21(29-15)32-24/h2-6,9-11,33H,1,7-8,12H2,(H,26,35)(H,27,36)(H,30,34)(H2,28,29,31,32). The number of aliphatic hydroxyl groups is 1. The molecule has 11 nitrogen and oxygen atoms in total. The lowest BCUT2D eigenvalue weighted by Crippen LogP contribution is -2.35. The van der Waals surface area contributed by atoms with Crippen LogP contribution in [0.4, 0.5) is 28.8 Å². The van der Waals surface area contributed by atoms with Gasteiger partial charge in [0.05, 0.1) is 24.1 Å². The highest BCUT2D eigenvalue weighted by Gasteiger charge is 2.16. The van der Waals surface area contributed by atoms with Gasteiger partial charge in [-0.15, -0.1) is 0 Å². The van der Waals surface area contributed by atoms with E-state index in [9.17, 15) is 19.5 Å². The normalized spacial score (nSPS) is 13.3. The molecule has 1 aromatic heterocycles. The van der Waals surface area contributed by atoms with Gasteiger partial charge in [-0.1, -0.05) is 18.2 Å². The fourth-order valence-electron chi connectivity index (χ4n) is 3.42. The van der Waals surface area contributed by atoms with Crippen LogP contribution >= 0.6 is 11.6 Å². The summed E-state index contributed by atoms with van der Waals surface area (Å²) in [6, 6.07) is 9.49. The van der Waals surface area contributed by atoms with Crippen molar-refractivity contribution in [2.75, 3.05) is 29.0 Å². The molecule has 6 N–H and O–H groups in total. The van der Waals surface area contributed by atoms with Crippen LogP contribution in [0.3, 0.4) is 0 Å². The largest absolute Gasteiger partial charge is 0.392 e. The van der Waals surface area contributed by atoms with Gasteiger partial charge in [0, 0.05) is 35.6 Å². The molecule has 3 aromatic rings. The highest BCUT2D eigenvalue weighted by molar-refractivity contribution is 6.33. The molecule has 0 saturated carbocycles. The van der Waals surface area contributed by atoms with Crippen LogP contribution in [0.25, 0.3) is 0 Å². The van der Waals surface area contributed by atoms with E-state index in [-0.39, 0.29) is 53.6 Å². The second-order valence-electron chi connectivity index (χ2n) is 7.64. The first-order valence-corrected chi connectivity index (χ1v) is 11.2. The number of aliphatic hydroxyl groups excluding tert-OH is 1. The Bertz CT molecular complexity index is 1360. The Balaban J connectivity index is 1.76. The number of benzene rings is 2. The Hall–Kier alpha value is -4.48. The molecule has 0 saturated heterocycles. The van der Waals surface area contributed by atoms with Crippen molar-refractivity contribution >= 4 is 58.2 Å². The summed E-state index contributed by atoms with van der Waals surface area (Å²) >= 11 is 6.29. The number of carbonyl (C=O) groups is 3. The molecule has 2 aromatic carbocycles. The highest BCUT2D eigenvalue weighted by atomic mass is 35.5. The first kappa shape index (κ1) is 24.6. The number of amides is 3. The summed E-state index contributed by atoms with van der Waals surface area (Å²) in [4.78, 5) is 45.9. The summed E-state index contributed by atoms with van der Waals surface area (Å²) in [5, 5.41) is 24.2. The van der Waals surface area contributed by atoms with Crippen molar-refractivity contribution in [1.29, 1.82) is 0 Å². The van der Waals surface area contributed by atoms with Crippen LogP contribution in [0.1, 0.15) is 26.3 Å². The number of hydrogen-bond donors (Lipinski definition) is 6. The van der Waals surface area contributed by atoms with Gasteiger partial charge < -0.3 is 31.7 Å². The third-order valence-electron chi connectivity index (χ3n) is 5.19. The fraction of sp³-hybridized carbons (Fsp3) is 0.125. The first-order valence-electron chi connectivity index (χ1n) is 10.8. The quantitative estimate of drug-likeness (QED) is 0.295. The molecule has 0 aliphatic carbocycles. The smallest absolute Gasteiger partial charge is 0.253 e. The van der Waals surface area contributed by atoms with E-state index in [0.29, 0.717) is 22.5 Å². The predicted octanol–water partition coefficient (Wildman–Crippen LogP) is 2.71. The molecule has 4 aliphatic heterocycles. The number of hydrogen-bond acceptors (Lipinski definition) is 8. The molecule has 36 heavy (non-hydrogen) atoms. The number of aromatic nitrogens is 2.